The van der Waals surface area contributed by atoms with Crippen molar-refractivity contribution in [3.8, 4) is 0 Å². The number of fused-ring (bicyclic) bond motifs is 1. The Hall–Kier alpha value is -3.31. The topological polar surface area (TPSA) is 61.4 Å². The van der Waals surface area contributed by atoms with Gasteiger partial charge in [0, 0.05) is 23.8 Å². The number of nitrogens with one attached hydrogen (secondary N) is 2. The highest BCUT2D eigenvalue weighted by molar-refractivity contribution is 6.33. The Bertz CT molecular complexity index is 1080. The van der Waals surface area contributed by atoms with Crippen molar-refractivity contribution in [2.24, 2.45) is 0 Å². The van der Waals surface area contributed by atoms with Crippen molar-refractivity contribution < 1.29 is 9.59 Å². The van der Waals surface area contributed by atoms with Gasteiger partial charge in [-0.05, 0) is 54.8 Å². The molecule has 0 unspecified atom stereocenters. The average Bonchev–Trinajstić information content (AvgIpc) is 3.09. The molecule has 1 aliphatic heterocycles. The molecule has 0 saturated heterocycles. The maximum absolute atomic E-state index is 13.1. The van der Waals surface area contributed by atoms with E-state index in [9.17, 15) is 9.59 Å². The second-order valence-electron chi connectivity index (χ2n) is 7.34. The molecule has 3 aromatic carbocycles. The smallest absolute Gasteiger partial charge is 0.319 e. The molecule has 152 valence electrons. The van der Waals surface area contributed by atoms with Crippen molar-refractivity contribution in [1.29, 1.82) is 0 Å². The normalized spacial score (nSPS) is 14.9. The number of amides is 3. The maximum Gasteiger partial charge on any atom is 0.319 e. The second kappa shape index (κ2) is 8.59. The van der Waals surface area contributed by atoms with Crippen molar-refractivity contribution >= 4 is 34.9 Å². The summed E-state index contributed by atoms with van der Waals surface area (Å²) >= 11 is 6.08. The maximum atomic E-state index is 13.1. The lowest BCUT2D eigenvalue weighted by molar-refractivity contribution is 0.0981. The van der Waals surface area contributed by atoms with Crippen LogP contribution in [-0.4, -0.2) is 18.0 Å². The molecule has 1 heterocycles. The van der Waals surface area contributed by atoms with Crippen LogP contribution in [0.3, 0.4) is 0 Å². The summed E-state index contributed by atoms with van der Waals surface area (Å²) < 4.78 is 0. The fourth-order valence-corrected chi connectivity index (χ4v) is 3.89. The average molecular weight is 420 g/mol. The van der Waals surface area contributed by atoms with Gasteiger partial charge < -0.3 is 15.5 Å². The predicted octanol–water partition coefficient (Wildman–Crippen LogP) is 5.25. The Morgan fingerprint density at radius 2 is 1.77 bits per heavy atom. The number of anilines is 2. The molecule has 1 aliphatic rings. The lowest BCUT2D eigenvalue weighted by Crippen LogP contribution is -2.35. The van der Waals surface area contributed by atoms with Gasteiger partial charge >= 0.3 is 6.03 Å². The molecule has 6 heteroatoms. The summed E-state index contributed by atoms with van der Waals surface area (Å²) in [5.41, 5.74) is 4.18. The van der Waals surface area contributed by atoms with Gasteiger partial charge in [0.2, 0.25) is 0 Å². The lowest BCUT2D eigenvalue weighted by Gasteiger charge is -2.23. The van der Waals surface area contributed by atoms with Gasteiger partial charge in [0.25, 0.3) is 5.91 Å². The second-order valence-corrected chi connectivity index (χ2v) is 7.75. The van der Waals surface area contributed by atoms with Crippen LogP contribution in [0.2, 0.25) is 5.02 Å². The molecule has 30 heavy (non-hydrogen) atoms. The molecule has 5 nitrogen and oxygen atoms in total. The number of hydrogen-bond acceptors (Lipinski definition) is 2. The summed E-state index contributed by atoms with van der Waals surface area (Å²) in [5.74, 6) is -0.0107. The first kappa shape index (κ1) is 20.0. The minimum Gasteiger partial charge on any atom is -0.334 e. The quantitative estimate of drug-likeness (QED) is 0.606. The SMILES string of the molecule is C[C@@H]1Cc2ccc(CNC(=O)Nc3ccccc3Cl)cc2N1C(=O)c1ccccc1. The summed E-state index contributed by atoms with van der Waals surface area (Å²) in [7, 11) is 0. The van der Waals surface area contributed by atoms with Gasteiger partial charge in [-0.15, -0.1) is 0 Å². The zero-order valence-electron chi connectivity index (χ0n) is 16.6. The van der Waals surface area contributed by atoms with Crippen LogP contribution in [0.1, 0.15) is 28.4 Å². The van der Waals surface area contributed by atoms with E-state index in [0.717, 1.165) is 23.2 Å². The first-order chi connectivity index (χ1) is 14.5. The standard InChI is InChI=1S/C24H22ClN3O2/c1-16-13-19-12-11-17(15-26-24(30)27-21-10-6-5-9-20(21)25)14-22(19)28(16)23(29)18-7-3-2-4-8-18/h2-12,14,16H,13,15H2,1H3,(H2,26,27,30)/t16-/m1/s1. The van der Waals surface area contributed by atoms with E-state index in [1.165, 1.54) is 0 Å². The molecule has 0 fully saturated rings. The van der Waals surface area contributed by atoms with E-state index >= 15 is 0 Å². The number of carbonyl (C=O) groups excluding carboxylic acids is 2. The summed E-state index contributed by atoms with van der Waals surface area (Å²) in [6.45, 7) is 2.39. The monoisotopic (exact) mass is 419 g/mol. The molecule has 4 rings (SSSR count). The van der Waals surface area contributed by atoms with E-state index in [4.69, 9.17) is 11.6 Å². The summed E-state index contributed by atoms with van der Waals surface area (Å²) in [4.78, 5) is 27.1. The van der Waals surface area contributed by atoms with Gasteiger partial charge in [-0.2, -0.15) is 0 Å². The van der Waals surface area contributed by atoms with Gasteiger partial charge in [0.1, 0.15) is 0 Å². The van der Waals surface area contributed by atoms with E-state index in [1.54, 1.807) is 18.2 Å². The van der Waals surface area contributed by atoms with E-state index in [2.05, 4.69) is 17.6 Å². The molecule has 0 spiro atoms. The first-order valence-electron chi connectivity index (χ1n) is 9.82. The van der Waals surface area contributed by atoms with Crippen LogP contribution in [0.5, 0.6) is 0 Å². The number of halogens is 1. The molecule has 1 atom stereocenters. The van der Waals surface area contributed by atoms with Crippen LogP contribution in [-0.2, 0) is 13.0 Å². The molecule has 3 amide bonds. The lowest BCUT2D eigenvalue weighted by atomic mass is 10.1. The zero-order chi connectivity index (χ0) is 21.1. The number of rotatable bonds is 4. The molecular formula is C24H22ClN3O2. The molecule has 3 aromatic rings. The van der Waals surface area contributed by atoms with E-state index in [1.807, 2.05) is 59.5 Å². The van der Waals surface area contributed by atoms with E-state index < -0.39 is 0 Å². The molecule has 0 bridgehead atoms. The minimum absolute atomic E-state index is 0.0107. The molecule has 0 aromatic heterocycles. The first-order valence-corrected chi connectivity index (χ1v) is 10.2. The van der Waals surface area contributed by atoms with Crippen molar-refractivity contribution in [1.82, 2.24) is 5.32 Å². The number of benzene rings is 3. The van der Waals surface area contributed by atoms with Gasteiger partial charge in [0.05, 0.1) is 10.7 Å². The van der Waals surface area contributed by atoms with Crippen molar-refractivity contribution in [2.45, 2.75) is 25.9 Å². The molecule has 0 aliphatic carbocycles. The van der Waals surface area contributed by atoms with Gasteiger partial charge in [-0.3, -0.25) is 4.79 Å². The third-order valence-corrected chi connectivity index (χ3v) is 5.51. The van der Waals surface area contributed by atoms with Gasteiger partial charge in [-0.25, -0.2) is 4.79 Å². The number of hydrogen-bond donors (Lipinski definition) is 2. The summed E-state index contributed by atoms with van der Waals surface area (Å²) in [6.07, 6.45) is 0.814. The third kappa shape index (κ3) is 4.16. The number of para-hydroxylation sites is 1. The Morgan fingerprint density at radius 1 is 1.03 bits per heavy atom. The molecular weight excluding hydrogens is 398 g/mol. The van der Waals surface area contributed by atoms with Crippen LogP contribution in [0.25, 0.3) is 0 Å². The van der Waals surface area contributed by atoms with Crippen LogP contribution < -0.4 is 15.5 Å². The predicted molar refractivity (Wildman–Crippen MR) is 120 cm³/mol. The molecule has 2 N–H and O–H groups in total. The largest absolute Gasteiger partial charge is 0.334 e. The Kier molecular flexibility index (Phi) is 5.72. The van der Waals surface area contributed by atoms with Gasteiger partial charge in [-0.1, -0.05) is 54.1 Å². The van der Waals surface area contributed by atoms with E-state index in [0.29, 0.717) is 22.8 Å². The summed E-state index contributed by atoms with van der Waals surface area (Å²) in [5, 5.41) is 6.06. The van der Waals surface area contributed by atoms with Gasteiger partial charge in [0.15, 0.2) is 0 Å². The Morgan fingerprint density at radius 3 is 2.53 bits per heavy atom. The highest BCUT2D eigenvalue weighted by Crippen LogP contribution is 2.34. The molecule has 0 saturated carbocycles. The highest BCUT2D eigenvalue weighted by atomic mass is 35.5. The fraction of sp³-hybridized carbons (Fsp3) is 0.167. The molecule has 0 radical (unpaired) electrons. The number of nitrogens with zero attached hydrogens (tertiary/aromatic N) is 1. The van der Waals surface area contributed by atoms with Crippen LogP contribution in [0.4, 0.5) is 16.2 Å². The minimum atomic E-state index is -0.339. The fourth-order valence-electron chi connectivity index (χ4n) is 3.70. The highest BCUT2D eigenvalue weighted by Gasteiger charge is 2.31. The van der Waals surface area contributed by atoms with Crippen LogP contribution in [0.15, 0.2) is 72.8 Å². The van der Waals surface area contributed by atoms with Crippen LogP contribution in [0, 0.1) is 0 Å². The summed E-state index contributed by atoms with van der Waals surface area (Å²) in [6, 6.07) is 22.1. The number of carbonyl (C=O) groups is 2. The van der Waals surface area contributed by atoms with Crippen molar-refractivity contribution in [3.05, 3.63) is 94.5 Å². The third-order valence-electron chi connectivity index (χ3n) is 5.18. The van der Waals surface area contributed by atoms with Crippen LogP contribution >= 0.6 is 11.6 Å². The van der Waals surface area contributed by atoms with Crippen molar-refractivity contribution in [3.63, 3.8) is 0 Å². The Labute approximate surface area is 180 Å². The van der Waals surface area contributed by atoms with Crippen molar-refractivity contribution in [2.75, 3.05) is 10.2 Å². The Balaban J connectivity index is 1.47. The number of urea groups is 1. The zero-order valence-corrected chi connectivity index (χ0v) is 17.3. The van der Waals surface area contributed by atoms with E-state index in [-0.39, 0.29) is 18.0 Å².